The van der Waals surface area contributed by atoms with Gasteiger partial charge in [-0.15, -0.1) is 11.3 Å². The van der Waals surface area contributed by atoms with E-state index < -0.39 is 11.2 Å². The monoisotopic (exact) mass is 407 g/mol. The summed E-state index contributed by atoms with van der Waals surface area (Å²) in [7, 11) is 0. The fourth-order valence-corrected chi connectivity index (χ4v) is 3.61. The van der Waals surface area contributed by atoms with Crippen molar-refractivity contribution in [3.05, 3.63) is 36.9 Å². The van der Waals surface area contributed by atoms with E-state index in [2.05, 4.69) is 16.9 Å². The van der Waals surface area contributed by atoms with Gasteiger partial charge in [-0.25, -0.2) is 9.78 Å². The minimum absolute atomic E-state index is 0.0431. The summed E-state index contributed by atoms with van der Waals surface area (Å²) in [4.78, 5) is 45.8. The maximum atomic E-state index is 13.0. The Morgan fingerprint density at radius 2 is 1.96 bits per heavy atom. The van der Waals surface area contributed by atoms with Crippen molar-refractivity contribution in [2.24, 2.45) is 0 Å². The molecular formula is C19H29N5O3S. The lowest BCUT2D eigenvalue weighted by molar-refractivity contribution is -0.118. The van der Waals surface area contributed by atoms with Gasteiger partial charge in [0.15, 0.2) is 5.69 Å². The molecule has 0 saturated carbocycles. The van der Waals surface area contributed by atoms with Crippen LogP contribution in [-0.2, 0) is 17.8 Å². The Morgan fingerprint density at radius 3 is 2.57 bits per heavy atom. The minimum Gasteiger partial charge on any atom is -0.383 e. The van der Waals surface area contributed by atoms with Crippen molar-refractivity contribution >= 4 is 28.7 Å². The lowest BCUT2D eigenvalue weighted by Crippen LogP contribution is -2.42. The van der Waals surface area contributed by atoms with E-state index in [0.29, 0.717) is 18.8 Å². The summed E-state index contributed by atoms with van der Waals surface area (Å²) in [6, 6.07) is 0. The SMILES string of the molecule is CCCCCN(C(=O)Cc1csc(C)n1)c1c(N)n(CCCC)c(=O)[nH]c1=O. The number of H-pyrrole nitrogens is 1. The fourth-order valence-electron chi connectivity index (χ4n) is 3.00. The second-order valence-corrected chi connectivity index (χ2v) is 7.85. The molecule has 0 aliphatic rings. The van der Waals surface area contributed by atoms with Crippen LogP contribution in [0, 0.1) is 6.92 Å². The van der Waals surface area contributed by atoms with Crippen LogP contribution in [0.2, 0.25) is 0 Å². The molecule has 0 bridgehead atoms. The number of amides is 1. The molecule has 0 radical (unpaired) electrons. The Labute approximate surface area is 168 Å². The molecule has 0 saturated heterocycles. The molecule has 154 valence electrons. The van der Waals surface area contributed by atoms with E-state index in [4.69, 9.17) is 5.73 Å². The number of hydrogen-bond donors (Lipinski definition) is 2. The summed E-state index contributed by atoms with van der Waals surface area (Å²) >= 11 is 1.48. The molecule has 1 amide bonds. The summed E-state index contributed by atoms with van der Waals surface area (Å²) in [5, 5.41) is 2.72. The molecule has 0 fully saturated rings. The van der Waals surface area contributed by atoms with E-state index in [0.717, 1.165) is 37.1 Å². The normalized spacial score (nSPS) is 11.0. The first-order valence-electron chi connectivity index (χ1n) is 9.72. The molecule has 28 heavy (non-hydrogen) atoms. The van der Waals surface area contributed by atoms with Gasteiger partial charge in [-0.3, -0.25) is 19.1 Å². The maximum absolute atomic E-state index is 13.0. The van der Waals surface area contributed by atoms with E-state index in [1.807, 2.05) is 19.2 Å². The standard InChI is InChI=1S/C19H29N5O3S/c1-4-6-8-10-23(15(25)11-14-12-28-13(3)21-14)16-17(20)24(9-7-5-2)19(27)22-18(16)26/h12H,4-11,20H2,1-3H3,(H,22,26,27). The highest BCUT2D eigenvalue weighted by Crippen LogP contribution is 2.20. The van der Waals surface area contributed by atoms with Gasteiger partial charge in [-0.05, 0) is 19.8 Å². The molecule has 0 atom stereocenters. The van der Waals surface area contributed by atoms with Crippen LogP contribution in [-0.4, -0.2) is 27.0 Å². The van der Waals surface area contributed by atoms with E-state index in [1.165, 1.54) is 20.8 Å². The predicted octanol–water partition coefficient (Wildman–Crippen LogP) is 2.45. The fraction of sp³-hybridized carbons (Fsp3) is 0.579. The Kier molecular flexibility index (Phi) is 7.98. The van der Waals surface area contributed by atoms with Gasteiger partial charge in [0.2, 0.25) is 5.91 Å². The largest absolute Gasteiger partial charge is 0.383 e. The molecular weight excluding hydrogens is 378 g/mol. The number of anilines is 2. The highest BCUT2D eigenvalue weighted by molar-refractivity contribution is 7.09. The van der Waals surface area contributed by atoms with E-state index in [1.54, 1.807) is 0 Å². The second kappa shape index (κ2) is 10.2. The van der Waals surface area contributed by atoms with Crippen molar-refractivity contribution in [1.29, 1.82) is 0 Å². The van der Waals surface area contributed by atoms with Crippen LogP contribution >= 0.6 is 11.3 Å². The van der Waals surface area contributed by atoms with Crippen molar-refractivity contribution in [2.45, 2.75) is 65.8 Å². The molecule has 0 spiro atoms. The Bertz CT molecular complexity index is 915. The number of carbonyl (C=O) groups excluding carboxylic acids is 1. The minimum atomic E-state index is -0.630. The number of nitrogens with one attached hydrogen (secondary N) is 1. The lowest BCUT2D eigenvalue weighted by Gasteiger charge is -2.24. The van der Waals surface area contributed by atoms with Gasteiger partial charge in [0, 0.05) is 18.5 Å². The van der Waals surface area contributed by atoms with Crippen LogP contribution in [0.15, 0.2) is 15.0 Å². The highest BCUT2D eigenvalue weighted by Gasteiger charge is 2.24. The zero-order valence-corrected chi connectivity index (χ0v) is 17.6. The average Bonchev–Trinajstić information content (AvgIpc) is 3.04. The molecule has 0 unspecified atom stereocenters. The van der Waals surface area contributed by atoms with Gasteiger partial charge in [0.25, 0.3) is 5.56 Å². The first-order valence-corrected chi connectivity index (χ1v) is 10.6. The third-order valence-corrected chi connectivity index (χ3v) is 5.33. The van der Waals surface area contributed by atoms with Crippen LogP contribution in [0.5, 0.6) is 0 Å². The van der Waals surface area contributed by atoms with Crippen molar-refractivity contribution in [1.82, 2.24) is 14.5 Å². The third-order valence-electron chi connectivity index (χ3n) is 4.50. The van der Waals surface area contributed by atoms with Gasteiger partial charge >= 0.3 is 5.69 Å². The molecule has 3 N–H and O–H groups in total. The van der Waals surface area contributed by atoms with Crippen LogP contribution in [0.1, 0.15) is 56.7 Å². The Balaban J connectivity index is 2.42. The third kappa shape index (κ3) is 5.31. The van der Waals surface area contributed by atoms with Crippen molar-refractivity contribution in [3.8, 4) is 0 Å². The Hall–Kier alpha value is -2.42. The molecule has 8 nitrogen and oxygen atoms in total. The number of hydrogen-bond acceptors (Lipinski definition) is 6. The van der Waals surface area contributed by atoms with Crippen LogP contribution in [0.4, 0.5) is 11.5 Å². The highest BCUT2D eigenvalue weighted by atomic mass is 32.1. The smallest absolute Gasteiger partial charge is 0.330 e. The van der Waals surface area contributed by atoms with E-state index in [-0.39, 0.29) is 23.8 Å². The van der Waals surface area contributed by atoms with Crippen molar-refractivity contribution in [2.75, 3.05) is 17.2 Å². The van der Waals surface area contributed by atoms with Gasteiger partial charge in [-0.1, -0.05) is 33.1 Å². The summed E-state index contributed by atoms with van der Waals surface area (Å²) < 4.78 is 1.34. The number of carbonyl (C=O) groups is 1. The molecule has 2 heterocycles. The summed E-state index contributed by atoms with van der Waals surface area (Å²) in [6.07, 6.45) is 4.36. The summed E-state index contributed by atoms with van der Waals surface area (Å²) in [6.45, 7) is 6.72. The van der Waals surface area contributed by atoms with Crippen molar-refractivity contribution < 1.29 is 4.79 Å². The quantitative estimate of drug-likeness (QED) is 0.587. The van der Waals surface area contributed by atoms with Gasteiger partial charge in [-0.2, -0.15) is 0 Å². The van der Waals surface area contributed by atoms with Gasteiger partial charge in [0.1, 0.15) is 5.82 Å². The van der Waals surface area contributed by atoms with E-state index in [9.17, 15) is 14.4 Å². The number of aromatic amines is 1. The molecule has 2 aromatic rings. The molecule has 2 rings (SSSR count). The maximum Gasteiger partial charge on any atom is 0.330 e. The van der Waals surface area contributed by atoms with E-state index >= 15 is 0 Å². The van der Waals surface area contributed by atoms with Gasteiger partial charge in [0.05, 0.1) is 17.1 Å². The number of unbranched alkanes of at least 4 members (excludes halogenated alkanes) is 3. The van der Waals surface area contributed by atoms with Gasteiger partial charge < -0.3 is 10.6 Å². The molecule has 2 aromatic heterocycles. The lowest BCUT2D eigenvalue weighted by atomic mass is 10.2. The number of nitrogens with two attached hydrogens (primary N) is 1. The molecule has 9 heteroatoms. The average molecular weight is 408 g/mol. The van der Waals surface area contributed by atoms with Crippen molar-refractivity contribution in [3.63, 3.8) is 0 Å². The predicted molar refractivity (Wildman–Crippen MR) is 113 cm³/mol. The van der Waals surface area contributed by atoms with Crippen LogP contribution in [0.25, 0.3) is 0 Å². The number of rotatable bonds is 10. The van der Waals surface area contributed by atoms with Crippen LogP contribution < -0.4 is 21.9 Å². The molecule has 0 aliphatic heterocycles. The Morgan fingerprint density at radius 1 is 1.25 bits per heavy atom. The number of nitrogens with zero attached hydrogens (tertiary/aromatic N) is 3. The number of nitrogen functional groups attached to an aromatic ring is 1. The number of aryl methyl sites for hydroxylation is 1. The van der Waals surface area contributed by atoms with Crippen LogP contribution in [0.3, 0.4) is 0 Å². The zero-order valence-electron chi connectivity index (χ0n) is 16.8. The second-order valence-electron chi connectivity index (χ2n) is 6.79. The molecule has 0 aromatic carbocycles. The number of thiazole rings is 1. The molecule has 0 aliphatic carbocycles. The summed E-state index contributed by atoms with van der Waals surface area (Å²) in [5.41, 5.74) is 5.75. The first kappa shape index (κ1) is 21.9. The topological polar surface area (TPSA) is 114 Å². The first-order chi connectivity index (χ1) is 13.4. The zero-order chi connectivity index (χ0) is 20.7. The summed E-state index contributed by atoms with van der Waals surface area (Å²) in [5.74, 6) is -0.208. The number of aromatic nitrogens is 3.